The topological polar surface area (TPSA) is 66.8 Å². The number of hydrogen-bond acceptors (Lipinski definition) is 4. The molecule has 0 saturated carbocycles. The molecule has 0 aromatic rings. The number of hydrogen-bond donors (Lipinski definition) is 2. The fraction of sp³-hybridized carbons (Fsp3) is 0.625. The molecule has 0 unspecified atom stereocenters. The minimum atomic E-state index is -1.35. The Kier molecular flexibility index (Phi) is 4.54. The van der Waals surface area contributed by atoms with E-state index in [1.807, 2.05) is 0 Å². The summed E-state index contributed by atoms with van der Waals surface area (Å²) in [5.74, 6) is -0.648. The van der Waals surface area contributed by atoms with Gasteiger partial charge in [-0.05, 0) is 6.92 Å². The number of esters is 1. The zero-order chi connectivity index (χ0) is 9.61. The molecule has 0 amide bonds. The van der Waals surface area contributed by atoms with Crippen LogP contribution in [0.3, 0.4) is 0 Å². The molecule has 2 N–H and O–H groups in total. The molecule has 0 aromatic heterocycles. The van der Waals surface area contributed by atoms with E-state index in [0.29, 0.717) is 0 Å². The van der Waals surface area contributed by atoms with Crippen molar-refractivity contribution in [1.29, 1.82) is 0 Å². The van der Waals surface area contributed by atoms with Gasteiger partial charge in [0.2, 0.25) is 0 Å². The summed E-state index contributed by atoms with van der Waals surface area (Å²) in [6.45, 7) is 4.24. The minimum Gasteiger partial charge on any atom is -0.465 e. The van der Waals surface area contributed by atoms with E-state index in [4.69, 9.17) is 10.2 Å². The fourth-order valence-electron chi connectivity index (χ4n) is 0.666. The van der Waals surface area contributed by atoms with Gasteiger partial charge in [0.1, 0.15) is 5.41 Å². The first-order valence-electron chi connectivity index (χ1n) is 3.69. The lowest BCUT2D eigenvalue weighted by Crippen LogP contribution is -2.38. The molecule has 0 aliphatic rings. The van der Waals surface area contributed by atoms with Crippen molar-refractivity contribution < 1.29 is 19.7 Å². The Bertz CT molecular complexity index is 160. The van der Waals surface area contributed by atoms with E-state index in [2.05, 4.69) is 11.3 Å². The minimum absolute atomic E-state index is 0.217. The van der Waals surface area contributed by atoms with Gasteiger partial charge in [-0.3, -0.25) is 4.79 Å². The quantitative estimate of drug-likeness (QED) is 0.444. The molecule has 4 nitrogen and oxygen atoms in total. The summed E-state index contributed by atoms with van der Waals surface area (Å²) in [7, 11) is 0. The number of aliphatic hydroxyl groups excluding tert-OH is 2. The van der Waals surface area contributed by atoms with Crippen molar-refractivity contribution in [2.24, 2.45) is 5.41 Å². The van der Waals surface area contributed by atoms with E-state index in [-0.39, 0.29) is 6.61 Å². The molecule has 0 bridgehead atoms. The highest BCUT2D eigenvalue weighted by atomic mass is 16.5. The van der Waals surface area contributed by atoms with Crippen LogP contribution in [0, 0.1) is 5.41 Å². The second-order valence-electron chi connectivity index (χ2n) is 2.40. The Hall–Kier alpha value is -0.870. The molecular formula is C8H14O4. The SMILES string of the molecule is C=CC(CO)(CO)C(=O)OCC. The first kappa shape index (κ1) is 11.1. The fourth-order valence-corrected chi connectivity index (χ4v) is 0.666. The zero-order valence-electron chi connectivity index (χ0n) is 7.12. The van der Waals surface area contributed by atoms with E-state index < -0.39 is 24.6 Å². The Balaban J connectivity index is 4.47. The first-order chi connectivity index (χ1) is 5.66. The van der Waals surface area contributed by atoms with Crippen molar-refractivity contribution in [3.8, 4) is 0 Å². The smallest absolute Gasteiger partial charge is 0.320 e. The second kappa shape index (κ2) is 4.90. The molecule has 0 saturated heterocycles. The average molecular weight is 174 g/mol. The second-order valence-corrected chi connectivity index (χ2v) is 2.40. The molecule has 70 valence electrons. The lowest BCUT2D eigenvalue weighted by Gasteiger charge is -2.22. The maximum Gasteiger partial charge on any atom is 0.320 e. The van der Waals surface area contributed by atoms with Gasteiger partial charge in [-0.2, -0.15) is 0 Å². The van der Waals surface area contributed by atoms with E-state index >= 15 is 0 Å². The van der Waals surface area contributed by atoms with Gasteiger partial charge < -0.3 is 14.9 Å². The molecule has 0 aliphatic carbocycles. The van der Waals surface area contributed by atoms with Gasteiger partial charge in [-0.15, -0.1) is 6.58 Å². The summed E-state index contributed by atoms with van der Waals surface area (Å²) in [5, 5.41) is 17.7. The average Bonchev–Trinajstić information content (AvgIpc) is 2.09. The van der Waals surface area contributed by atoms with Crippen LogP contribution in [0.15, 0.2) is 12.7 Å². The number of rotatable bonds is 5. The summed E-state index contributed by atoms with van der Waals surface area (Å²) in [5.41, 5.74) is -1.35. The maximum absolute atomic E-state index is 11.1. The van der Waals surface area contributed by atoms with Crippen molar-refractivity contribution in [3.63, 3.8) is 0 Å². The van der Waals surface area contributed by atoms with Gasteiger partial charge in [-0.1, -0.05) is 6.08 Å². The van der Waals surface area contributed by atoms with Crippen LogP contribution < -0.4 is 0 Å². The van der Waals surface area contributed by atoms with E-state index in [0.717, 1.165) is 0 Å². The largest absolute Gasteiger partial charge is 0.465 e. The van der Waals surface area contributed by atoms with Gasteiger partial charge in [0.15, 0.2) is 0 Å². The summed E-state index contributed by atoms with van der Waals surface area (Å²) in [4.78, 5) is 11.1. The van der Waals surface area contributed by atoms with Crippen LogP contribution >= 0.6 is 0 Å². The summed E-state index contributed by atoms with van der Waals surface area (Å²) >= 11 is 0. The van der Waals surface area contributed by atoms with Gasteiger partial charge in [0, 0.05) is 0 Å². The van der Waals surface area contributed by atoms with Crippen molar-refractivity contribution in [2.45, 2.75) is 6.92 Å². The molecule has 0 spiro atoms. The molecule has 4 heteroatoms. The maximum atomic E-state index is 11.1. The predicted molar refractivity (Wildman–Crippen MR) is 43.4 cm³/mol. The summed E-state index contributed by atoms with van der Waals surface area (Å²) in [6.07, 6.45) is 1.20. The molecule has 0 aliphatic heterocycles. The highest BCUT2D eigenvalue weighted by Gasteiger charge is 2.35. The van der Waals surface area contributed by atoms with E-state index in [1.165, 1.54) is 6.08 Å². The molecule has 0 atom stereocenters. The third kappa shape index (κ3) is 2.06. The lowest BCUT2D eigenvalue weighted by atomic mass is 9.91. The van der Waals surface area contributed by atoms with Gasteiger partial charge >= 0.3 is 5.97 Å². The Morgan fingerprint density at radius 3 is 2.33 bits per heavy atom. The number of carbonyl (C=O) groups is 1. The predicted octanol–water partition coefficient (Wildman–Crippen LogP) is -0.294. The highest BCUT2D eigenvalue weighted by molar-refractivity contribution is 5.79. The molecule has 0 radical (unpaired) electrons. The third-order valence-corrected chi connectivity index (χ3v) is 1.64. The molecule has 0 heterocycles. The normalized spacial score (nSPS) is 10.9. The number of carbonyl (C=O) groups excluding carboxylic acids is 1. The van der Waals surface area contributed by atoms with Crippen LogP contribution in [-0.4, -0.2) is 36.0 Å². The van der Waals surface area contributed by atoms with Crippen LogP contribution in [0.1, 0.15) is 6.92 Å². The third-order valence-electron chi connectivity index (χ3n) is 1.64. The Morgan fingerprint density at radius 1 is 1.58 bits per heavy atom. The standard InChI is InChI=1S/C8H14O4/c1-3-8(5-9,6-10)7(11)12-4-2/h3,9-10H,1,4-6H2,2H3. The van der Waals surface area contributed by atoms with Gasteiger partial charge in [0.25, 0.3) is 0 Å². The zero-order valence-corrected chi connectivity index (χ0v) is 7.12. The van der Waals surface area contributed by atoms with E-state index in [9.17, 15) is 4.79 Å². The van der Waals surface area contributed by atoms with Gasteiger partial charge in [-0.25, -0.2) is 0 Å². The van der Waals surface area contributed by atoms with Crippen LogP contribution in [0.25, 0.3) is 0 Å². The van der Waals surface area contributed by atoms with E-state index in [1.54, 1.807) is 6.92 Å². The number of ether oxygens (including phenoxy) is 1. The van der Waals surface area contributed by atoms with Crippen LogP contribution in [-0.2, 0) is 9.53 Å². The summed E-state index contributed by atoms with van der Waals surface area (Å²) < 4.78 is 4.65. The van der Waals surface area contributed by atoms with Crippen molar-refractivity contribution in [3.05, 3.63) is 12.7 Å². The molecule has 0 rings (SSSR count). The first-order valence-corrected chi connectivity index (χ1v) is 3.69. The monoisotopic (exact) mass is 174 g/mol. The molecule has 12 heavy (non-hydrogen) atoms. The van der Waals surface area contributed by atoms with Crippen molar-refractivity contribution >= 4 is 5.97 Å². The van der Waals surface area contributed by atoms with Crippen LogP contribution in [0.2, 0.25) is 0 Å². The highest BCUT2D eigenvalue weighted by Crippen LogP contribution is 2.18. The van der Waals surface area contributed by atoms with Crippen LogP contribution in [0.4, 0.5) is 0 Å². The molecule has 0 aromatic carbocycles. The van der Waals surface area contributed by atoms with Crippen LogP contribution in [0.5, 0.6) is 0 Å². The van der Waals surface area contributed by atoms with Gasteiger partial charge in [0.05, 0.1) is 19.8 Å². The Labute approximate surface area is 71.5 Å². The lowest BCUT2D eigenvalue weighted by molar-refractivity contribution is -0.156. The van der Waals surface area contributed by atoms with Crippen molar-refractivity contribution in [1.82, 2.24) is 0 Å². The number of aliphatic hydroxyl groups is 2. The Morgan fingerprint density at radius 2 is 2.08 bits per heavy atom. The molecular weight excluding hydrogens is 160 g/mol. The summed E-state index contributed by atoms with van der Waals surface area (Å²) in [6, 6.07) is 0. The van der Waals surface area contributed by atoms with Crippen molar-refractivity contribution in [2.75, 3.05) is 19.8 Å². The molecule has 0 fully saturated rings.